The lowest BCUT2D eigenvalue weighted by atomic mass is 9.69. The zero-order valence-electron chi connectivity index (χ0n) is 45.2. The van der Waals surface area contributed by atoms with E-state index >= 15 is 0 Å². The summed E-state index contributed by atoms with van der Waals surface area (Å²) in [5.74, 6) is 0.343. The summed E-state index contributed by atoms with van der Waals surface area (Å²) in [6.45, 7) is 0. The Labute approximate surface area is 477 Å². The monoisotopic (exact) mass is 1030 g/mol. The van der Waals surface area contributed by atoms with Crippen LogP contribution < -0.4 is 0 Å². The fourth-order valence-electron chi connectivity index (χ4n) is 13.3. The van der Waals surface area contributed by atoms with Crippen molar-refractivity contribution in [1.82, 2.24) is 0 Å². The van der Waals surface area contributed by atoms with E-state index in [2.05, 4.69) is 328 Å². The molecule has 0 nitrogen and oxygen atoms in total. The topological polar surface area (TPSA) is 0 Å². The number of rotatable bonds is 14. The lowest BCUT2D eigenvalue weighted by Crippen LogP contribution is -2.26. The molecule has 384 valence electrons. The van der Waals surface area contributed by atoms with Gasteiger partial charge >= 0.3 is 0 Å². The molecule has 0 N–H and O–H groups in total. The van der Waals surface area contributed by atoms with Crippen LogP contribution in [0.1, 0.15) is 101 Å². The number of benzene rings is 12. The SMILES string of the molecule is C(=C(c1ccccc1)c1ccccc1)c1ccc2c(c1)C1(c3cc(C=C(c4ccccc4)c4ccccc4)ccc3-2)c2cc(CC(c3ccccc3)c3ccccc3)ccc2-c2ccc(CC(c3ccccc3)c3ccccc3)cc21. The van der Waals surface area contributed by atoms with Crippen LogP contribution in [0.15, 0.2) is 315 Å². The Morgan fingerprint density at radius 1 is 0.259 bits per heavy atom. The molecule has 0 radical (unpaired) electrons. The molecule has 1 spiro atoms. The summed E-state index contributed by atoms with van der Waals surface area (Å²) in [4.78, 5) is 0. The van der Waals surface area contributed by atoms with Crippen LogP contribution >= 0.6 is 0 Å². The molecular weight excluding hydrogens is 973 g/mol. The van der Waals surface area contributed by atoms with Crippen molar-refractivity contribution in [1.29, 1.82) is 0 Å². The Morgan fingerprint density at radius 3 is 0.790 bits per heavy atom. The minimum absolute atomic E-state index is 0.171. The van der Waals surface area contributed by atoms with Gasteiger partial charge in [0.15, 0.2) is 0 Å². The van der Waals surface area contributed by atoms with Crippen molar-refractivity contribution >= 4 is 23.3 Å². The van der Waals surface area contributed by atoms with E-state index in [1.807, 2.05) is 0 Å². The van der Waals surface area contributed by atoms with E-state index in [4.69, 9.17) is 0 Å². The summed E-state index contributed by atoms with van der Waals surface area (Å²) < 4.78 is 0. The second-order valence-electron chi connectivity index (χ2n) is 21.9. The van der Waals surface area contributed by atoms with E-state index in [0.29, 0.717) is 0 Å². The summed E-state index contributed by atoms with van der Waals surface area (Å²) in [6.07, 6.45) is 6.55. The van der Waals surface area contributed by atoms with Gasteiger partial charge in [-0.05, 0) is 160 Å². The first-order valence-electron chi connectivity index (χ1n) is 28.6. The molecule has 0 heterocycles. The van der Waals surface area contributed by atoms with Gasteiger partial charge in [0.2, 0.25) is 0 Å². The highest BCUT2D eigenvalue weighted by atomic mass is 14.5. The minimum Gasteiger partial charge on any atom is -0.0622 e. The Kier molecular flexibility index (Phi) is 13.3. The molecule has 0 saturated carbocycles. The second kappa shape index (κ2) is 21.7. The summed E-state index contributed by atoms with van der Waals surface area (Å²) in [7, 11) is 0. The van der Waals surface area contributed by atoms with Crippen LogP contribution in [0, 0.1) is 0 Å². The van der Waals surface area contributed by atoms with Gasteiger partial charge in [-0.2, -0.15) is 0 Å². The van der Waals surface area contributed by atoms with Crippen molar-refractivity contribution in [3.63, 3.8) is 0 Å². The molecule has 2 aliphatic carbocycles. The van der Waals surface area contributed by atoms with Crippen molar-refractivity contribution in [2.24, 2.45) is 0 Å². The maximum atomic E-state index is 2.60. The van der Waals surface area contributed by atoms with Crippen molar-refractivity contribution in [2.45, 2.75) is 30.1 Å². The number of hydrogen-bond acceptors (Lipinski definition) is 0. The first-order chi connectivity index (χ1) is 40.2. The van der Waals surface area contributed by atoms with Gasteiger partial charge in [0.25, 0.3) is 0 Å². The van der Waals surface area contributed by atoms with Crippen molar-refractivity contribution in [3.8, 4) is 22.3 Å². The van der Waals surface area contributed by atoms with E-state index in [-0.39, 0.29) is 11.8 Å². The van der Waals surface area contributed by atoms with Gasteiger partial charge in [-0.1, -0.05) is 303 Å². The highest BCUT2D eigenvalue weighted by Crippen LogP contribution is 2.64. The first-order valence-corrected chi connectivity index (χ1v) is 28.6. The fraction of sp³-hybridized carbons (Fsp3) is 0.0617. The van der Waals surface area contributed by atoms with Gasteiger partial charge in [0, 0.05) is 11.8 Å². The third-order valence-corrected chi connectivity index (χ3v) is 17.1. The van der Waals surface area contributed by atoms with Crippen molar-refractivity contribution in [3.05, 3.63) is 404 Å². The van der Waals surface area contributed by atoms with Crippen LogP contribution in [-0.2, 0) is 18.3 Å². The molecule has 0 aliphatic heterocycles. The Hall–Kier alpha value is -9.88. The average molecular weight is 1030 g/mol. The standard InChI is InChI=1S/C81H60/c1-9-25-61(26-10-1)73(62-27-11-2-12-28-62)49-57-41-45-69-70-46-42-58(50-74(63-29-13-3-14-30-63)64-31-15-4-16-32-64)54-78(70)81(77(69)53-57)79-55-59(51-75(65-33-17-5-18-34-65)66-35-19-6-20-36-66)43-47-71(79)72-48-44-60(56-80(72)81)52-76(67-37-21-7-22-38-67)68-39-23-8-24-40-68/h1-50,53-56,75-76H,51-52H2. The van der Waals surface area contributed by atoms with Crippen LogP contribution in [0.4, 0.5) is 0 Å². The van der Waals surface area contributed by atoms with Crippen LogP contribution in [0.5, 0.6) is 0 Å². The van der Waals surface area contributed by atoms with E-state index < -0.39 is 5.41 Å². The summed E-state index contributed by atoms with van der Waals surface area (Å²) in [5, 5.41) is 0. The van der Waals surface area contributed by atoms with Crippen LogP contribution in [0.25, 0.3) is 45.6 Å². The molecule has 0 aromatic heterocycles. The molecule has 14 rings (SSSR count). The first kappa shape index (κ1) is 49.4. The van der Waals surface area contributed by atoms with E-state index in [1.165, 1.54) is 122 Å². The molecule has 12 aromatic rings. The molecule has 0 unspecified atom stereocenters. The largest absolute Gasteiger partial charge is 0.0726 e. The van der Waals surface area contributed by atoms with Gasteiger partial charge in [0.1, 0.15) is 0 Å². The maximum Gasteiger partial charge on any atom is 0.0726 e. The molecular formula is C81H60. The molecule has 12 aromatic carbocycles. The zero-order chi connectivity index (χ0) is 54.0. The fourth-order valence-corrected chi connectivity index (χ4v) is 13.3. The highest BCUT2D eigenvalue weighted by Gasteiger charge is 2.52. The average Bonchev–Trinajstić information content (AvgIpc) is 3.69. The zero-order valence-corrected chi connectivity index (χ0v) is 45.2. The molecule has 0 saturated heterocycles. The molecule has 81 heavy (non-hydrogen) atoms. The van der Waals surface area contributed by atoms with Crippen molar-refractivity contribution < 1.29 is 0 Å². The van der Waals surface area contributed by atoms with Crippen LogP contribution in [0.3, 0.4) is 0 Å². The van der Waals surface area contributed by atoms with Crippen LogP contribution in [0.2, 0.25) is 0 Å². The summed E-state index contributed by atoms with van der Waals surface area (Å²) in [6, 6.07) is 117. The molecule has 0 amide bonds. The quantitative estimate of drug-likeness (QED) is 0.0952. The third-order valence-electron chi connectivity index (χ3n) is 17.1. The smallest absolute Gasteiger partial charge is 0.0622 e. The predicted molar refractivity (Wildman–Crippen MR) is 339 cm³/mol. The van der Waals surface area contributed by atoms with Gasteiger partial charge in [-0.3, -0.25) is 0 Å². The highest BCUT2D eigenvalue weighted by molar-refractivity contribution is 5.99. The molecule has 2 aliphatic rings. The van der Waals surface area contributed by atoms with Gasteiger partial charge in [0.05, 0.1) is 5.41 Å². The third kappa shape index (κ3) is 9.39. The number of fused-ring (bicyclic) bond motifs is 10. The molecule has 0 atom stereocenters. The summed E-state index contributed by atoms with van der Waals surface area (Å²) in [5.41, 5.74) is 27.2. The maximum absolute atomic E-state index is 2.60. The Morgan fingerprint density at radius 2 is 0.506 bits per heavy atom. The van der Waals surface area contributed by atoms with E-state index in [1.54, 1.807) is 0 Å². The van der Waals surface area contributed by atoms with Gasteiger partial charge in [-0.25, -0.2) is 0 Å². The van der Waals surface area contributed by atoms with E-state index in [9.17, 15) is 0 Å². The number of hydrogen-bond donors (Lipinski definition) is 0. The Balaban J connectivity index is 1.03. The van der Waals surface area contributed by atoms with Crippen molar-refractivity contribution in [2.75, 3.05) is 0 Å². The van der Waals surface area contributed by atoms with Crippen LogP contribution in [-0.4, -0.2) is 0 Å². The molecule has 0 bridgehead atoms. The second-order valence-corrected chi connectivity index (χ2v) is 21.9. The normalized spacial score (nSPS) is 12.4. The molecule has 0 heteroatoms. The Bertz CT molecular complexity index is 3780. The lowest BCUT2D eigenvalue weighted by molar-refractivity contribution is 0.769. The molecule has 0 fully saturated rings. The lowest BCUT2D eigenvalue weighted by Gasteiger charge is -2.32. The van der Waals surface area contributed by atoms with E-state index in [0.717, 1.165) is 12.8 Å². The minimum atomic E-state index is -0.668. The summed E-state index contributed by atoms with van der Waals surface area (Å²) >= 11 is 0. The van der Waals surface area contributed by atoms with Gasteiger partial charge < -0.3 is 0 Å². The van der Waals surface area contributed by atoms with Gasteiger partial charge in [-0.15, -0.1) is 0 Å². The predicted octanol–water partition coefficient (Wildman–Crippen LogP) is 20.0.